The normalized spacial score (nSPS) is 25.4. The molecule has 1 fully saturated rings. The molecule has 1 saturated carbocycles. The Kier molecular flexibility index (Phi) is 4.02. The van der Waals surface area contributed by atoms with Gasteiger partial charge >= 0.3 is 0 Å². The fraction of sp³-hybridized carbons (Fsp3) is 0.846. The summed E-state index contributed by atoms with van der Waals surface area (Å²) < 4.78 is 3.00. The average molecular weight is 253 g/mol. The van der Waals surface area contributed by atoms with Crippen LogP contribution < -0.4 is 0 Å². The van der Waals surface area contributed by atoms with E-state index < -0.39 is 0 Å². The van der Waals surface area contributed by atoms with Crippen LogP contribution in [-0.4, -0.2) is 14.8 Å². The van der Waals surface area contributed by atoms with Gasteiger partial charge in [-0.25, -0.2) is 0 Å². The Labute approximate surface area is 109 Å². The van der Waals surface area contributed by atoms with Crippen molar-refractivity contribution >= 4 is 12.2 Å². The zero-order valence-electron chi connectivity index (χ0n) is 11.1. The van der Waals surface area contributed by atoms with E-state index in [1.165, 1.54) is 25.7 Å². The first-order valence-electron chi connectivity index (χ1n) is 6.73. The summed E-state index contributed by atoms with van der Waals surface area (Å²) in [5, 5.41) is 7.28. The molecule has 2 unspecified atom stereocenters. The van der Waals surface area contributed by atoms with Crippen LogP contribution in [0.1, 0.15) is 58.2 Å². The second-order valence-corrected chi connectivity index (χ2v) is 6.18. The Morgan fingerprint density at radius 2 is 2.24 bits per heavy atom. The van der Waals surface area contributed by atoms with Crippen molar-refractivity contribution in [2.75, 3.05) is 0 Å². The van der Waals surface area contributed by atoms with Crippen LogP contribution in [0.15, 0.2) is 0 Å². The first kappa shape index (κ1) is 12.8. The fourth-order valence-corrected chi connectivity index (χ4v) is 3.14. The van der Waals surface area contributed by atoms with Crippen LogP contribution >= 0.6 is 12.2 Å². The van der Waals surface area contributed by atoms with Gasteiger partial charge in [0.05, 0.1) is 0 Å². The lowest BCUT2D eigenvalue weighted by atomic mass is 9.82. The number of nitrogens with zero attached hydrogens (tertiary/aromatic N) is 2. The molecule has 1 aliphatic rings. The maximum Gasteiger partial charge on any atom is 0.195 e. The molecule has 1 heterocycles. The van der Waals surface area contributed by atoms with Gasteiger partial charge in [-0.15, -0.1) is 0 Å². The smallest absolute Gasteiger partial charge is 0.195 e. The molecule has 0 saturated heterocycles. The summed E-state index contributed by atoms with van der Waals surface area (Å²) in [7, 11) is 0. The summed E-state index contributed by atoms with van der Waals surface area (Å²) in [4.78, 5) is 0. The van der Waals surface area contributed by atoms with Crippen LogP contribution in [-0.2, 0) is 6.54 Å². The highest BCUT2D eigenvalue weighted by molar-refractivity contribution is 7.71. The zero-order valence-corrected chi connectivity index (χ0v) is 11.9. The van der Waals surface area contributed by atoms with E-state index >= 15 is 0 Å². The van der Waals surface area contributed by atoms with Gasteiger partial charge in [-0.2, -0.15) is 5.10 Å². The third kappa shape index (κ3) is 2.97. The second-order valence-electron chi connectivity index (χ2n) is 5.79. The lowest BCUT2D eigenvalue weighted by Crippen LogP contribution is -2.20. The molecule has 0 amide bonds. The Balaban J connectivity index is 2.12. The number of hydrogen-bond donors (Lipinski definition) is 1. The minimum Gasteiger partial charge on any atom is -0.304 e. The quantitative estimate of drug-likeness (QED) is 0.829. The van der Waals surface area contributed by atoms with Crippen molar-refractivity contribution in [1.82, 2.24) is 14.8 Å². The monoisotopic (exact) mass is 253 g/mol. The molecule has 0 aromatic carbocycles. The van der Waals surface area contributed by atoms with Crippen LogP contribution in [0.2, 0.25) is 0 Å². The van der Waals surface area contributed by atoms with Gasteiger partial charge in [-0.1, -0.05) is 33.6 Å². The Morgan fingerprint density at radius 3 is 2.88 bits per heavy atom. The molecule has 0 spiro atoms. The summed E-state index contributed by atoms with van der Waals surface area (Å²) >= 11 is 5.33. The zero-order chi connectivity index (χ0) is 12.4. The predicted octanol–water partition coefficient (Wildman–Crippen LogP) is 3.89. The number of nitrogens with one attached hydrogen (secondary N) is 1. The average Bonchev–Trinajstić information content (AvgIpc) is 2.61. The van der Waals surface area contributed by atoms with E-state index in [1.807, 2.05) is 0 Å². The van der Waals surface area contributed by atoms with Gasteiger partial charge in [0.25, 0.3) is 0 Å². The van der Waals surface area contributed by atoms with Crippen molar-refractivity contribution in [2.45, 2.75) is 58.9 Å². The van der Waals surface area contributed by atoms with Crippen molar-refractivity contribution in [3.05, 3.63) is 10.6 Å². The van der Waals surface area contributed by atoms with E-state index in [1.54, 1.807) is 0 Å². The Bertz CT molecular complexity index is 419. The van der Waals surface area contributed by atoms with E-state index in [2.05, 4.69) is 35.5 Å². The van der Waals surface area contributed by atoms with Gasteiger partial charge in [-0.3, -0.25) is 5.10 Å². The number of aromatic nitrogens is 3. The van der Waals surface area contributed by atoms with E-state index in [0.717, 1.165) is 29.0 Å². The molecule has 1 aromatic heterocycles. The van der Waals surface area contributed by atoms with Crippen molar-refractivity contribution in [3.8, 4) is 0 Å². The topological polar surface area (TPSA) is 33.6 Å². The molecular weight excluding hydrogens is 230 g/mol. The van der Waals surface area contributed by atoms with Gasteiger partial charge < -0.3 is 4.57 Å². The summed E-state index contributed by atoms with van der Waals surface area (Å²) in [6, 6.07) is 0. The number of aromatic amines is 1. The largest absolute Gasteiger partial charge is 0.304 e. The summed E-state index contributed by atoms with van der Waals surface area (Å²) in [6.45, 7) is 7.76. The molecule has 3 nitrogen and oxygen atoms in total. The minimum absolute atomic E-state index is 0.434. The van der Waals surface area contributed by atoms with Gasteiger partial charge in [0, 0.05) is 12.5 Å². The van der Waals surface area contributed by atoms with Crippen molar-refractivity contribution in [3.63, 3.8) is 0 Å². The number of H-pyrrole nitrogens is 1. The van der Waals surface area contributed by atoms with E-state index in [4.69, 9.17) is 12.2 Å². The third-order valence-electron chi connectivity index (χ3n) is 3.79. The van der Waals surface area contributed by atoms with Crippen molar-refractivity contribution in [1.29, 1.82) is 0 Å². The highest BCUT2D eigenvalue weighted by Crippen LogP contribution is 2.30. The van der Waals surface area contributed by atoms with E-state index in [9.17, 15) is 0 Å². The molecule has 96 valence electrons. The Morgan fingerprint density at radius 1 is 1.47 bits per heavy atom. The Hall–Kier alpha value is -0.640. The molecule has 0 aliphatic heterocycles. The molecule has 0 bridgehead atoms. The van der Waals surface area contributed by atoms with Crippen molar-refractivity contribution < 1.29 is 0 Å². The first-order chi connectivity index (χ1) is 8.08. The second kappa shape index (κ2) is 5.34. The maximum atomic E-state index is 5.33. The molecular formula is C13H23N3S. The van der Waals surface area contributed by atoms with E-state index in [0.29, 0.717) is 5.92 Å². The summed E-state index contributed by atoms with van der Waals surface area (Å²) in [6.07, 6.45) is 5.44. The molecule has 0 radical (unpaired) electrons. The number of hydrogen-bond acceptors (Lipinski definition) is 2. The van der Waals surface area contributed by atoms with Crippen LogP contribution in [0.5, 0.6) is 0 Å². The first-order valence-corrected chi connectivity index (χ1v) is 7.13. The fourth-order valence-electron chi connectivity index (χ4n) is 2.93. The van der Waals surface area contributed by atoms with Gasteiger partial charge in [0.2, 0.25) is 0 Å². The van der Waals surface area contributed by atoms with Gasteiger partial charge in [0.1, 0.15) is 5.82 Å². The SMILES string of the molecule is CC1CCCC(Cn2c(C(C)C)n[nH]c2=S)C1. The molecule has 2 rings (SSSR count). The molecule has 1 aromatic rings. The summed E-state index contributed by atoms with van der Waals surface area (Å²) in [5.41, 5.74) is 0. The minimum atomic E-state index is 0.434. The highest BCUT2D eigenvalue weighted by Gasteiger charge is 2.21. The standard InChI is InChI=1S/C13H23N3S/c1-9(2)12-14-15-13(17)16(12)8-11-6-4-5-10(3)7-11/h9-11H,4-8H2,1-3H3,(H,15,17). The van der Waals surface area contributed by atoms with Crippen LogP contribution in [0.3, 0.4) is 0 Å². The highest BCUT2D eigenvalue weighted by atomic mass is 32.1. The third-order valence-corrected chi connectivity index (χ3v) is 4.10. The van der Waals surface area contributed by atoms with Crippen LogP contribution in [0.4, 0.5) is 0 Å². The molecule has 1 N–H and O–H groups in total. The maximum absolute atomic E-state index is 5.33. The predicted molar refractivity (Wildman–Crippen MR) is 72.6 cm³/mol. The van der Waals surface area contributed by atoms with Crippen LogP contribution in [0.25, 0.3) is 0 Å². The lowest BCUT2D eigenvalue weighted by molar-refractivity contribution is 0.253. The number of rotatable bonds is 3. The lowest BCUT2D eigenvalue weighted by Gasteiger charge is -2.27. The summed E-state index contributed by atoms with van der Waals surface area (Å²) in [5.74, 6) is 3.19. The van der Waals surface area contributed by atoms with Crippen molar-refractivity contribution in [2.24, 2.45) is 11.8 Å². The van der Waals surface area contributed by atoms with E-state index in [-0.39, 0.29) is 0 Å². The molecule has 1 aliphatic carbocycles. The van der Waals surface area contributed by atoms with Gasteiger partial charge in [0.15, 0.2) is 4.77 Å². The van der Waals surface area contributed by atoms with Crippen LogP contribution in [0, 0.1) is 16.6 Å². The molecule has 2 atom stereocenters. The molecule has 17 heavy (non-hydrogen) atoms. The molecule has 4 heteroatoms. The van der Waals surface area contributed by atoms with Gasteiger partial charge in [-0.05, 0) is 36.9 Å².